The van der Waals surface area contributed by atoms with E-state index < -0.39 is 6.04 Å². The number of hydrogen-bond acceptors (Lipinski definition) is 5. The van der Waals surface area contributed by atoms with E-state index in [0.717, 1.165) is 50.4 Å². The van der Waals surface area contributed by atoms with Gasteiger partial charge < -0.3 is 10.6 Å². The van der Waals surface area contributed by atoms with Gasteiger partial charge in [-0.2, -0.15) is 5.10 Å². The summed E-state index contributed by atoms with van der Waals surface area (Å²) in [4.78, 5) is 32.7. The molecule has 0 aliphatic carbocycles. The fourth-order valence-corrected chi connectivity index (χ4v) is 4.03. The molecule has 1 aromatic heterocycles. The van der Waals surface area contributed by atoms with Crippen LogP contribution in [0.2, 0.25) is 0 Å². The molecule has 2 N–H and O–H groups in total. The number of primary amides is 1. The Morgan fingerprint density at radius 3 is 2.64 bits per heavy atom. The molecular formula is C17H28N6O2. The molecule has 0 radical (unpaired) electrons. The molecule has 8 heteroatoms. The Balaban J connectivity index is 1.63. The largest absolute Gasteiger partial charge is 0.368 e. The van der Waals surface area contributed by atoms with Crippen molar-refractivity contribution in [2.75, 3.05) is 19.6 Å². The average Bonchev–Trinajstić information content (AvgIpc) is 3.13. The SMILES string of the molecule is Cc1nc(C)n(C[C@H]2CCCN2CC(=O)N2CCCC[C@H]2C(N)=O)n1. The second kappa shape index (κ2) is 7.51. The van der Waals surface area contributed by atoms with E-state index in [2.05, 4.69) is 15.0 Å². The maximum absolute atomic E-state index is 12.8. The number of likely N-dealkylation sites (tertiary alicyclic amines) is 2. The summed E-state index contributed by atoms with van der Waals surface area (Å²) in [5.74, 6) is 1.30. The van der Waals surface area contributed by atoms with Crippen LogP contribution in [0.5, 0.6) is 0 Å². The van der Waals surface area contributed by atoms with Gasteiger partial charge in [0.05, 0.1) is 13.1 Å². The monoisotopic (exact) mass is 348 g/mol. The smallest absolute Gasteiger partial charge is 0.240 e. The lowest BCUT2D eigenvalue weighted by molar-refractivity contribution is -0.142. The van der Waals surface area contributed by atoms with Crippen LogP contribution in [0, 0.1) is 13.8 Å². The maximum Gasteiger partial charge on any atom is 0.240 e. The van der Waals surface area contributed by atoms with Crippen molar-refractivity contribution in [3.05, 3.63) is 11.6 Å². The van der Waals surface area contributed by atoms with E-state index in [1.165, 1.54) is 0 Å². The molecule has 2 atom stereocenters. The van der Waals surface area contributed by atoms with Gasteiger partial charge in [0.1, 0.15) is 17.7 Å². The minimum atomic E-state index is -0.442. The molecule has 0 bridgehead atoms. The van der Waals surface area contributed by atoms with E-state index in [9.17, 15) is 9.59 Å². The van der Waals surface area contributed by atoms with Crippen LogP contribution in [-0.2, 0) is 16.1 Å². The van der Waals surface area contributed by atoms with Gasteiger partial charge in [-0.25, -0.2) is 9.67 Å². The van der Waals surface area contributed by atoms with E-state index in [1.54, 1.807) is 4.90 Å². The zero-order valence-corrected chi connectivity index (χ0v) is 15.1. The Labute approximate surface area is 148 Å². The van der Waals surface area contributed by atoms with Crippen LogP contribution in [0.4, 0.5) is 0 Å². The highest BCUT2D eigenvalue weighted by atomic mass is 16.2. The molecule has 3 rings (SSSR count). The summed E-state index contributed by atoms with van der Waals surface area (Å²) in [5.41, 5.74) is 5.49. The van der Waals surface area contributed by atoms with Gasteiger partial charge >= 0.3 is 0 Å². The third-order valence-electron chi connectivity index (χ3n) is 5.34. The second-order valence-electron chi connectivity index (χ2n) is 7.16. The molecule has 2 aliphatic heterocycles. The van der Waals surface area contributed by atoms with E-state index in [0.29, 0.717) is 19.5 Å². The number of aromatic nitrogens is 3. The van der Waals surface area contributed by atoms with Crippen LogP contribution < -0.4 is 5.73 Å². The van der Waals surface area contributed by atoms with Crippen molar-refractivity contribution < 1.29 is 9.59 Å². The zero-order valence-electron chi connectivity index (χ0n) is 15.1. The molecule has 2 saturated heterocycles. The Morgan fingerprint density at radius 1 is 1.16 bits per heavy atom. The number of carbonyl (C=O) groups excluding carboxylic acids is 2. The number of nitrogens with two attached hydrogens (primary N) is 1. The van der Waals surface area contributed by atoms with E-state index in [-0.39, 0.29) is 17.9 Å². The molecule has 0 unspecified atom stereocenters. The molecule has 3 heterocycles. The van der Waals surface area contributed by atoms with Crippen molar-refractivity contribution in [3.8, 4) is 0 Å². The molecule has 2 aliphatic rings. The van der Waals surface area contributed by atoms with Crippen LogP contribution >= 0.6 is 0 Å². The molecule has 138 valence electrons. The third-order valence-corrected chi connectivity index (χ3v) is 5.34. The quantitative estimate of drug-likeness (QED) is 0.821. The first-order chi connectivity index (χ1) is 12.0. The van der Waals surface area contributed by atoms with Crippen molar-refractivity contribution in [1.82, 2.24) is 24.6 Å². The Kier molecular flexibility index (Phi) is 5.36. The lowest BCUT2D eigenvalue weighted by Crippen LogP contribution is -2.53. The highest BCUT2D eigenvalue weighted by molar-refractivity contribution is 5.87. The normalized spacial score (nSPS) is 24.6. The number of piperidine rings is 1. The first-order valence-electron chi connectivity index (χ1n) is 9.16. The molecule has 1 aromatic rings. The molecule has 0 spiro atoms. The standard InChI is InChI=1S/C17H28N6O2/c1-12-19-13(2)23(20-12)10-14-6-5-8-21(14)11-16(24)22-9-4-3-7-15(22)17(18)25/h14-15H,3-11H2,1-2H3,(H2,18,25)/t14-,15+/m1/s1. The number of amides is 2. The minimum absolute atomic E-state index is 0.0156. The minimum Gasteiger partial charge on any atom is -0.368 e. The fourth-order valence-electron chi connectivity index (χ4n) is 4.03. The highest BCUT2D eigenvalue weighted by Gasteiger charge is 2.34. The molecule has 2 fully saturated rings. The number of rotatable bonds is 5. The van der Waals surface area contributed by atoms with Crippen LogP contribution in [0.25, 0.3) is 0 Å². The molecule has 2 amide bonds. The fraction of sp³-hybridized carbons (Fsp3) is 0.765. The van der Waals surface area contributed by atoms with Gasteiger partial charge in [0.15, 0.2) is 0 Å². The summed E-state index contributed by atoms with van der Waals surface area (Å²) in [6.45, 7) is 6.47. The Bertz CT molecular complexity index is 643. The number of carbonyl (C=O) groups is 2. The van der Waals surface area contributed by atoms with E-state index in [4.69, 9.17) is 5.73 Å². The summed E-state index contributed by atoms with van der Waals surface area (Å²) in [5, 5.41) is 4.43. The molecule has 25 heavy (non-hydrogen) atoms. The van der Waals surface area contributed by atoms with Gasteiger partial charge in [0.2, 0.25) is 11.8 Å². The van der Waals surface area contributed by atoms with Gasteiger partial charge in [-0.15, -0.1) is 0 Å². The number of aryl methyl sites for hydroxylation is 2. The van der Waals surface area contributed by atoms with Crippen molar-refractivity contribution in [2.24, 2.45) is 5.73 Å². The predicted octanol–water partition coefficient (Wildman–Crippen LogP) is 0.226. The van der Waals surface area contributed by atoms with Crippen LogP contribution in [-0.4, -0.2) is 68.1 Å². The van der Waals surface area contributed by atoms with Crippen molar-refractivity contribution in [3.63, 3.8) is 0 Å². The van der Waals surface area contributed by atoms with Crippen LogP contribution in [0.1, 0.15) is 43.8 Å². The van der Waals surface area contributed by atoms with Crippen LogP contribution in [0.15, 0.2) is 0 Å². The lowest BCUT2D eigenvalue weighted by atomic mass is 10.0. The molecule has 8 nitrogen and oxygen atoms in total. The van der Waals surface area contributed by atoms with Gasteiger partial charge in [-0.3, -0.25) is 14.5 Å². The lowest BCUT2D eigenvalue weighted by Gasteiger charge is -2.35. The van der Waals surface area contributed by atoms with Crippen LogP contribution in [0.3, 0.4) is 0 Å². The second-order valence-corrected chi connectivity index (χ2v) is 7.16. The van der Waals surface area contributed by atoms with Gasteiger partial charge in [-0.1, -0.05) is 0 Å². The number of nitrogens with zero attached hydrogens (tertiary/aromatic N) is 5. The number of hydrogen-bond donors (Lipinski definition) is 1. The topological polar surface area (TPSA) is 97.4 Å². The van der Waals surface area contributed by atoms with Crippen molar-refractivity contribution in [1.29, 1.82) is 0 Å². The highest BCUT2D eigenvalue weighted by Crippen LogP contribution is 2.21. The van der Waals surface area contributed by atoms with Crippen molar-refractivity contribution in [2.45, 2.75) is 64.6 Å². The summed E-state index contributed by atoms with van der Waals surface area (Å²) >= 11 is 0. The summed E-state index contributed by atoms with van der Waals surface area (Å²) in [6.07, 6.45) is 4.70. The first kappa shape index (κ1) is 17.8. The zero-order chi connectivity index (χ0) is 18.0. The Hall–Kier alpha value is -1.96. The average molecular weight is 348 g/mol. The first-order valence-corrected chi connectivity index (χ1v) is 9.16. The van der Waals surface area contributed by atoms with E-state index >= 15 is 0 Å². The summed E-state index contributed by atoms with van der Waals surface area (Å²) in [7, 11) is 0. The molecule has 0 saturated carbocycles. The van der Waals surface area contributed by atoms with Gasteiger partial charge in [0, 0.05) is 12.6 Å². The van der Waals surface area contributed by atoms with Gasteiger partial charge in [-0.05, 0) is 52.5 Å². The van der Waals surface area contributed by atoms with E-state index in [1.807, 2.05) is 18.5 Å². The summed E-state index contributed by atoms with van der Waals surface area (Å²) < 4.78 is 1.93. The predicted molar refractivity (Wildman–Crippen MR) is 92.6 cm³/mol. The molecular weight excluding hydrogens is 320 g/mol. The van der Waals surface area contributed by atoms with Crippen molar-refractivity contribution >= 4 is 11.8 Å². The third kappa shape index (κ3) is 4.00. The summed E-state index contributed by atoms with van der Waals surface area (Å²) in [6, 6.07) is -0.164. The Morgan fingerprint density at radius 2 is 1.96 bits per heavy atom. The maximum atomic E-state index is 12.8. The van der Waals surface area contributed by atoms with Gasteiger partial charge in [0.25, 0.3) is 0 Å². The molecule has 0 aromatic carbocycles.